The molecule has 3 aromatic carbocycles. The molecule has 1 atom stereocenters. The standard InChI is InChI=1S/C26H25Cl2N3O2/c1-17-15-21(11-12-22(17)28)33-14-13-31-24-6-4-3-5-23(24)30-26(31)18(2)29-25(32)16-19-7-9-20(27)10-8-19/h3-12,15,18H,13-14,16H2,1-2H3,(H,29,32). The molecule has 33 heavy (non-hydrogen) atoms. The Morgan fingerprint density at radius 1 is 1.09 bits per heavy atom. The molecule has 170 valence electrons. The number of halogens is 2. The lowest BCUT2D eigenvalue weighted by Gasteiger charge is -2.17. The molecule has 1 heterocycles. The molecule has 0 spiro atoms. The highest BCUT2D eigenvalue weighted by atomic mass is 35.5. The fraction of sp³-hybridized carbons (Fsp3) is 0.231. The SMILES string of the molecule is Cc1cc(OCCn2c(C(C)NC(=O)Cc3ccc(Cl)cc3)nc3ccccc32)ccc1Cl. The second-order valence-electron chi connectivity index (χ2n) is 7.96. The van der Waals surface area contributed by atoms with Crippen LogP contribution in [0.4, 0.5) is 0 Å². The molecule has 7 heteroatoms. The van der Waals surface area contributed by atoms with Crippen molar-refractivity contribution in [2.24, 2.45) is 0 Å². The van der Waals surface area contributed by atoms with E-state index in [0.29, 0.717) is 23.2 Å². The number of hydrogen-bond donors (Lipinski definition) is 1. The molecule has 0 aliphatic rings. The van der Waals surface area contributed by atoms with Crippen molar-refractivity contribution in [3.8, 4) is 5.75 Å². The number of nitrogens with zero attached hydrogens (tertiary/aromatic N) is 2. The molecule has 0 aliphatic heterocycles. The number of amides is 1. The van der Waals surface area contributed by atoms with Crippen LogP contribution in [-0.4, -0.2) is 22.1 Å². The Balaban J connectivity index is 1.48. The Hall–Kier alpha value is -3.02. The largest absolute Gasteiger partial charge is 0.492 e. The van der Waals surface area contributed by atoms with Crippen molar-refractivity contribution < 1.29 is 9.53 Å². The van der Waals surface area contributed by atoms with Crippen LogP contribution in [0.5, 0.6) is 5.75 Å². The highest BCUT2D eigenvalue weighted by molar-refractivity contribution is 6.31. The number of fused-ring (bicyclic) bond motifs is 1. The summed E-state index contributed by atoms with van der Waals surface area (Å²) in [6.45, 7) is 4.95. The zero-order chi connectivity index (χ0) is 23.4. The molecule has 1 N–H and O–H groups in total. The highest BCUT2D eigenvalue weighted by Crippen LogP contribution is 2.23. The topological polar surface area (TPSA) is 56.1 Å². The maximum Gasteiger partial charge on any atom is 0.224 e. The van der Waals surface area contributed by atoms with Crippen LogP contribution in [0.3, 0.4) is 0 Å². The fourth-order valence-corrected chi connectivity index (χ4v) is 4.01. The van der Waals surface area contributed by atoms with E-state index in [1.807, 2.05) is 68.4 Å². The Morgan fingerprint density at radius 2 is 1.85 bits per heavy atom. The zero-order valence-corrected chi connectivity index (χ0v) is 20.0. The Kier molecular flexibility index (Phi) is 7.21. The lowest BCUT2D eigenvalue weighted by molar-refractivity contribution is -0.121. The number of benzene rings is 3. The second kappa shape index (κ2) is 10.3. The number of carbonyl (C=O) groups excluding carboxylic acids is 1. The van der Waals surface area contributed by atoms with E-state index in [-0.39, 0.29) is 18.4 Å². The number of ether oxygens (including phenoxy) is 1. The van der Waals surface area contributed by atoms with Gasteiger partial charge in [0.1, 0.15) is 18.2 Å². The van der Waals surface area contributed by atoms with Gasteiger partial charge >= 0.3 is 0 Å². The summed E-state index contributed by atoms with van der Waals surface area (Å²) in [7, 11) is 0. The minimum Gasteiger partial charge on any atom is -0.492 e. The van der Waals surface area contributed by atoms with E-state index in [2.05, 4.69) is 9.88 Å². The molecule has 0 bridgehead atoms. The van der Waals surface area contributed by atoms with Crippen molar-refractivity contribution in [3.63, 3.8) is 0 Å². The monoisotopic (exact) mass is 481 g/mol. The first-order valence-corrected chi connectivity index (χ1v) is 11.5. The number of para-hydroxylation sites is 2. The minimum absolute atomic E-state index is 0.0729. The van der Waals surface area contributed by atoms with E-state index < -0.39 is 0 Å². The van der Waals surface area contributed by atoms with Gasteiger partial charge in [-0.25, -0.2) is 4.98 Å². The third-order valence-electron chi connectivity index (χ3n) is 5.44. The average molecular weight is 482 g/mol. The molecule has 0 aliphatic carbocycles. The Labute approximate surface area is 203 Å². The predicted octanol–water partition coefficient (Wildman–Crippen LogP) is 6.15. The number of carbonyl (C=O) groups is 1. The van der Waals surface area contributed by atoms with Gasteiger partial charge in [0.05, 0.1) is 30.0 Å². The summed E-state index contributed by atoms with van der Waals surface area (Å²) in [5.74, 6) is 1.49. The van der Waals surface area contributed by atoms with Gasteiger partial charge in [-0.15, -0.1) is 0 Å². The molecule has 0 saturated carbocycles. The van der Waals surface area contributed by atoms with Crippen LogP contribution >= 0.6 is 23.2 Å². The minimum atomic E-state index is -0.269. The van der Waals surface area contributed by atoms with Crippen molar-refractivity contribution in [1.29, 1.82) is 0 Å². The highest BCUT2D eigenvalue weighted by Gasteiger charge is 2.18. The van der Waals surface area contributed by atoms with Crippen molar-refractivity contribution in [2.75, 3.05) is 6.61 Å². The molecule has 5 nitrogen and oxygen atoms in total. The van der Waals surface area contributed by atoms with Gasteiger partial charge in [0, 0.05) is 10.0 Å². The van der Waals surface area contributed by atoms with Gasteiger partial charge in [-0.2, -0.15) is 0 Å². The van der Waals surface area contributed by atoms with Crippen LogP contribution in [0.15, 0.2) is 66.7 Å². The average Bonchev–Trinajstić information content (AvgIpc) is 3.16. The van der Waals surface area contributed by atoms with Crippen LogP contribution < -0.4 is 10.1 Å². The predicted molar refractivity (Wildman–Crippen MR) is 133 cm³/mol. The smallest absolute Gasteiger partial charge is 0.224 e. The summed E-state index contributed by atoms with van der Waals surface area (Å²) in [5.41, 5.74) is 3.76. The van der Waals surface area contributed by atoms with Crippen molar-refractivity contribution in [3.05, 3.63) is 93.7 Å². The number of nitrogens with one attached hydrogen (secondary N) is 1. The summed E-state index contributed by atoms with van der Waals surface area (Å²) in [6, 6.07) is 20.6. The summed E-state index contributed by atoms with van der Waals surface area (Å²) in [5, 5.41) is 4.44. The van der Waals surface area contributed by atoms with Crippen LogP contribution in [0, 0.1) is 6.92 Å². The molecule has 0 saturated heterocycles. The van der Waals surface area contributed by atoms with E-state index in [0.717, 1.165) is 33.7 Å². The van der Waals surface area contributed by atoms with Crippen LogP contribution in [0.1, 0.15) is 29.9 Å². The van der Waals surface area contributed by atoms with Crippen LogP contribution in [-0.2, 0) is 17.8 Å². The lowest BCUT2D eigenvalue weighted by atomic mass is 10.1. The molecule has 1 unspecified atom stereocenters. The van der Waals surface area contributed by atoms with Crippen molar-refractivity contribution in [2.45, 2.75) is 32.9 Å². The van der Waals surface area contributed by atoms with Crippen molar-refractivity contribution >= 4 is 40.1 Å². The Morgan fingerprint density at radius 3 is 2.61 bits per heavy atom. The van der Waals surface area contributed by atoms with E-state index in [9.17, 15) is 4.79 Å². The number of hydrogen-bond acceptors (Lipinski definition) is 3. The third-order valence-corrected chi connectivity index (χ3v) is 6.12. The molecule has 4 aromatic rings. The lowest BCUT2D eigenvalue weighted by Crippen LogP contribution is -2.30. The first kappa shape index (κ1) is 23.1. The number of aromatic nitrogens is 2. The van der Waals surface area contributed by atoms with Gasteiger partial charge in [0.2, 0.25) is 5.91 Å². The van der Waals surface area contributed by atoms with Gasteiger partial charge in [0.25, 0.3) is 0 Å². The summed E-state index contributed by atoms with van der Waals surface area (Å²) in [6.07, 6.45) is 0.279. The van der Waals surface area contributed by atoms with Gasteiger partial charge in [-0.3, -0.25) is 4.79 Å². The molecular weight excluding hydrogens is 457 g/mol. The molecule has 0 fully saturated rings. The molecule has 4 rings (SSSR count). The van der Waals surface area contributed by atoms with Gasteiger partial charge in [0.15, 0.2) is 0 Å². The Bertz CT molecular complexity index is 1270. The normalized spacial score (nSPS) is 12.0. The first-order valence-electron chi connectivity index (χ1n) is 10.8. The number of rotatable bonds is 8. The van der Waals surface area contributed by atoms with Crippen molar-refractivity contribution in [1.82, 2.24) is 14.9 Å². The maximum absolute atomic E-state index is 12.6. The molecule has 0 radical (unpaired) electrons. The molecule has 1 amide bonds. The van der Waals surface area contributed by atoms with Gasteiger partial charge < -0.3 is 14.6 Å². The van der Waals surface area contributed by atoms with Crippen LogP contribution in [0.2, 0.25) is 10.0 Å². The molecular formula is C26H25Cl2N3O2. The summed E-state index contributed by atoms with van der Waals surface area (Å²) >= 11 is 12.0. The fourth-order valence-electron chi connectivity index (χ4n) is 3.77. The summed E-state index contributed by atoms with van der Waals surface area (Å²) in [4.78, 5) is 17.4. The first-order chi connectivity index (χ1) is 15.9. The van der Waals surface area contributed by atoms with E-state index >= 15 is 0 Å². The van der Waals surface area contributed by atoms with Gasteiger partial charge in [-0.1, -0.05) is 47.5 Å². The number of aryl methyl sites for hydroxylation is 1. The van der Waals surface area contributed by atoms with Gasteiger partial charge in [-0.05, 0) is 67.4 Å². The van der Waals surface area contributed by atoms with Crippen LogP contribution in [0.25, 0.3) is 11.0 Å². The third kappa shape index (κ3) is 5.67. The number of imidazole rings is 1. The van der Waals surface area contributed by atoms with E-state index in [1.54, 1.807) is 12.1 Å². The second-order valence-corrected chi connectivity index (χ2v) is 8.81. The van der Waals surface area contributed by atoms with E-state index in [1.165, 1.54) is 0 Å². The molecule has 1 aromatic heterocycles. The quantitative estimate of drug-likeness (QED) is 0.328. The van der Waals surface area contributed by atoms with E-state index in [4.69, 9.17) is 32.9 Å². The zero-order valence-electron chi connectivity index (χ0n) is 18.5. The summed E-state index contributed by atoms with van der Waals surface area (Å²) < 4.78 is 8.07. The maximum atomic E-state index is 12.6.